The van der Waals surface area contributed by atoms with E-state index in [0.29, 0.717) is 6.92 Å². The van der Waals surface area contributed by atoms with Crippen LogP contribution in [0.25, 0.3) is 0 Å². The topological polar surface area (TPSA) is 37.3 Å². The van der Waals surface area contributed by atoms with Crippen molar-refractivity contribution in [1.29, 1.82) is 0 Å². The summed E-state index contributed by atoms with van der Waals surface area (Å²) in [5, 5.41) is 9.05. The van der Waals surface area contributed by atoms with Crippen molar-refractivity contribution in [2.75, 3.05) is 0 Å². The molecule has 0 heterocycles. The van der Waals surface area contributed by atoms with Crippen LogP contribution in [0.2, 0.25) is 0 Å². The van der Waals surface area contributed by atoms with E-state index in [1.54, 1.807) is 0 Å². The first-order valence-corrected chi connectivity index (χ1v) is 4.47. The quantitative estimate of drug-likeness (QED) is 0.626. The van der Waals surface area contributed by atoms with Crippen LogP contribution in [0, 0.1) is 0 Å². The van der Waals surface area contributed by atoms with E-state index in [1.165, 1.54) is 0 Å². The van der Waals surface area contributed by atoms with Gasteiger partial charge in [-0.15, -0.1) is 0 Å². The molecule has 1 rings (SSSR count). The van der Waals surface area contributed by atoms with Gasteiger partial charge in [0.15, 0.2) is 5.78 Å². The standard InChI is InChI=1S/C10H6F6O2/c1-4(17)6-2-5(9(11,12)13)3-7(18)8(6)10(14,15)16/h2-3,18H,1H3. The number of hydrogen-bond donors (Lipinski definition) is 1. The van der Waals surface area contributed by atoms with E-state index in [2.05, 4.69) is 0 Å². The van der Waals surface area contributed by atoms with E-state index in [0.717, 1.165) is 0 Å². The van der Waals surface area contributed by atoms with Crippen LogP contribution in [0.1, 0.15) is 28.4 Å². The fourth-order valence-electron chi connectivity index (χ4n) is 1.37. The first-order valence-electron chi connectivity index (χ1n) is 4.47. The molecule has 1 aromatic carbocycles. The van der Waals surface area contributed by atoms with Gasteiger partial charge in [0.25, 0.3) is 0 Å². The molecule has 0 aliphatic carbocycles. The lowest BCUT2D eigenvalue weighted by Crippen LogP contribution is -2.15. The molecule has 0 saturated heterocycles. The number of benzene rings is 1. The van der Waals surface area contributed by atoms with E-state index in [1.807, 2.05) is 0 Å². The van der Waals surface area contributed by atoms with Crippen molar-refractivity contribution in [3.05, 3.63) is 28.8 Å². The number of halogens is 6. The number of phenolic OH excluding ortho intramolecular Hbond substituents is 1. The molecule has 18 heavy (non-hydrogen) atoms. The van der Waals surface area contributed by atoms with Crippen LogP contribution in [-0.4, -0.2) is 10.9 Å². The van der Waals surface area contributed by atoms with Crippen LogP contribution in [0.5, 0.6) is 5.75 Å². The smallest absolute Gasteiger partial charge is 0.420 e. The minimum Gasteiger partial charge on any atom is -0.507 e. The van der Waals surface area contributed by atoms with Gasteiger partial charge in [-0.05, 0) is 19.1 Å². The highest BCUT2D eigenvalue weighted by molar-refractivity contribution is 5.96. The molecule has 0 bridgehead atoms. The highest BCUT2D eigenvalue weighted by Gasteiger charge is 2.41. The van der Waals surface area contributed by atoms with Crippen LogP contribution >= 0.6 is 0 Å². The summed E-state index contributed by atoms with van der Waals surface area (Å²) in [5.41, 5.74) is -4.49. The molecule has 0 amide bonds. The molecule has 100 valence electrons. The van der Waals surface area contributed by atoms with Gasteiger partial charge in [0.1, 0.15) is 11.3 Å². The zero-order chi connectivity index (χ0) is 14.3. The monoisotopic (exact) mass is 272 g/mol. The molecule has 0 saturated carbocycles. The van der Waals surface area contributed by atoms with Crippen molar-refractivity contribution in [1.82, 2.24) is 0 Å². The highest BCUT2D eigenvalue weighted by Crippen LogP contribution is 2.42. The number of Topliss-reactive ketones (excluding diaryl/α,β-unsaturated/α-hetero) is 1. The second kappa shape index (κ2) is 4.18. The number of aromatic hydroxyl groups is 1. The largest absolute Gasteiger partial charge is 0.507 e. The van der Waals surface area contributed by atoms with Gasteiger partial charge >= 0.3 is 12.4 Å². The molecular weight excluding hydrogens is 266 g/mol. The molecule has 8 heteroatoms. The molecule has 1 aromatic rings. The molecule has 0 radical (unpaired) electrons. The van der Waals surface area contributed by atoms with Gasteiger partial charge in [-0.1, -0.05) is 0 Å². The lowest BCUT2D eigenvalue weighted by atomic mass is 9.99. The maximum absolute atomic E-state index is 12.5. The third-order valence-electron chi connectivity index (χ3n) is 2.11. The number of hydrogen-bond acceptors (Lipinski definition) is 2. The van der Waals surface area contributed by atoms with E-state index >= 15 is 0 Å². The fraction of sp³-hybridized carbons (Fsp3) is 0.300. The van der Waals surface area contributed by atoms with Gasteiger partial charge in [0.2, 0.25) is 0 Å². The number of alkyl halides is 6. The van der Waals surface area contributed by atoms with Gasteiger partial charge in [-0.2, -0.15) is 26.3 Å². The van der Waals surface area contributed by atoms with Crippen molar-refractivity contribution in [3.63, 3.8) is 0 Å². The molecule has 0 spiro atoms. The lowest BCUT2D eigenvalue weighted by molar-refractivity contribution is -0.142. The number of rotatable bonds is 1. The molecule has 0 atom stereocenters. The van der Waals surface area contributed by atoms with Crippen LogP contribution in [0.4, 0.5) is 26.3 Å². The Hall–Kier alpha value is -1.73. The Bertz CT molecular complexity index is 486. The number of ketones is 1. The Labute approximate surface area is 96.8 Å². The SMILES string of the molecule is CC(=O)c1cc(C(F)(F)F)cc(O)c1C(F)(F)F. The summed E-state index contributed by atoms with van der Waals surface area (Å²) in [7, 11) is 0. The summed E-state index contributed by atoms with van der Waals surface area (Å²) < 4.78 is 74.5. The Balaban J connectivity index is 3.62. The van der Waals surface area contributed by atoms with Crippen LogP contribution in [-0.2, 0) is 12.4 Å². The van der Waals surface area contributed by atoms with Crippen molar-refractivity contribution < 1.29 is 36.2 Å². The number of phenols is 1. The second-order valence-electron chi connectivity index (χ2n) is 3.47. The molecule has 0 aromatic heterocycles. The molecular formula is C10H6F6O2. The van der Waals surface area contributed by atoms with Gasteiger partial charge < -0.3 is 5.11 Å². The number of carbonyl (C=O) groups is 1. The lowest BCUT2D eigenvalue weighted by Gasteiger charge is -2.15. The van der Waals surface area contributed by atoms with E-state index in [-0.39, 0.29) is 12.1 Å². The summed E-state index contributed by atoms with van der Waals surface area (Å²) in [5.74, 6) is -2.84. The first-order chi connectivity index (χ1) is 7.94. The normalized spacial score (nSPS) is 12.6. The fourth-order valence-corrected chi connectivity index (χ4v) is 1.37. The summed E-state index contributed by atoms with van der Waals surface area (Å²) in [4.78, 5) is 11.0. The average Bonchev–Trinajstić information content (AvgIpc) is 2.12. The minimum absolute atomic E-state index is 0.0603. The van der Waals surface area contributed by atoms with E-state index in [4.69, 9.17) is 5.11 Å². The third-order valence-corrected chi connectivity index (χ3v) is 2.11. The summed E-state index contributed by atoms with van der Waals surface area (Å²) in [6, 6.07) is 0.0140. The maximum Gasteiger partial charge on any atom is 0.420 e. The summed E-state index contributed by atoms with van der Waals surface area (Å²) in [6.07, 6.45) is -10.1. The van der Waals surface area contributed by atoms with Crippen molar-refractivity contribution in [2.24, 2.45) is 0 Å². The van der Waals surface area contributed by atoms with Gasteiger partial charge in [-0.25, -0.2) is 0 Å². The zero-order valence-electron chi connectivity index (χ0n) is 8.78. The Kier molecular flexibility index (Phi) is 3.33. The van der Waals surface area contributed by atoms with Crippen molar-refractivity contribution >= 4 is 5.78 Å². The van der Waals surface area contributed by atoms with Crippen LogP contribution < -0.4 is 0 Å². The zero-order valence-corrected chi connectivity index (χ0v) is 8.78. The minimum atomic E-state index is -5.12. The van der Waals surface area contributed by atoms with Crippen molar-refractivity contribution in [2.45, 2.75) is 19.3 Å². The molecule has 2 nitrogen and oxygen atoms in total. The highest BCUT2D eigenvalue weighted by atomic mass is 19.4. The Morgan fingerprint density at radius 3 is 1.89 bits per heavy atom. The second-order valence-corrected chi connectivity index (χ2v) is 3.47. The van der Waals surface area contributed by atoms with Crippen LogP contribution in [0.3, 0.4) is 0 Å². The Morgan fingerprint density at radius 1 is 1.06 bits per heavy atom. The maximum atomic E-state index is 12.5. The molecule has 0 fully saturated rings. The van der Waals surface area contributed by atoms with E-state index in [9.17, 15) is 31.1 Å². The molecule has 0 aliphatic rings. The summed E-state index contributed by atoms with van der Waals surface area (Å²) in [6.45, 7) is 0.685. The predicted molar refractivity (Wildman–Crippen MR) is 48.1 cm³/mol. The summed E-state index contributed by atoms with van der Waals surface area (Å²) >= 11 is 0. The molecule has 0 unspecified atom stereocenters. The van der Waals surface area contributed by atoms with Gasteiger partial charge in [-0.3, -0.25) is 4.79 Å². The predicted octanol–water partition coefficient (Wildman–Crippen LogP) is 3.63. The van der Waals surface area contributed by atoms with Crippen LogP contribution in [0.15, 0.2) is 12.1 Å². The Morgan fingerprint density at radius 2 is 1.56 bits per heavy atom. The van der Waals surface area contributed by atoms with E-state index < -0.39 is 40.6 Å². The number of carbonyl (C=O) groups excluding carboxylic acids is 1. The third kappa shape index (κ3) is 2.74. The average molecular weight is 272 g/mol. The first kappa shape index (κ1) is 14.3. The molecule has 1 N–H and O–H groups in total. The molecule has 0 aliphatic heterocycles. The van der Waals surface area contributed by atoms with Gasteiger partial charge in [0, 0.05) is 5.56 Å². The van der Waals surface area contributed by atoms with Crippen molar-refractivity contribution in [3.8, 4) is 5.75 Å². The van der Waals surface area contributed by atoms with Gasteiger partial charge in [0.05, 0.1) is 5.56 Å².